The Labute approximate surface area is 193 Å². The first kappa shape index (κ1) is 25.2. The van der Waals surface area contributed by atoms with Gasteiger partial charge in [0, 0.05) is 44.8 Å². The van der Waals surface area contributed by atoms with Gasteiger partial charge in [-0.15, -0.1) is 0 Å². The van der Waals surface area contributed by atoms with Gasteiger partial charge in [0.05, 0.1) is 12.5 Å². The molecule has 0 spiro atoms. The molecule has 3 heterocycles. The average molecular weight is 453 g/mol. The molecule has 0 saturated carbocycles. The van der Waals surface area contributed by atoms with Crippen molar-refractivity contribution in [1.82, 2.24) is 19.6 Å². The van der Waals surface area contributed by atoms with E-state index in [0.717, 1.165) is 45.1 Å². The number of aliphatic carboxylic acids is 1. The highest BCUT2D eigenvalue weighted by atomic mass is 16.6. The largest absolute Gasteiger partial charge is 0.481 e. The normalized spacial score (nSPS) is 27.1. The first-order valence-corrected chi connectivity index (χ1v) is 12.6. The predicted molar refractivity (Wildman–Crippen MR) is 125 cm³/mol. The Kier molecular flexibility index (Phi) is 8.81. The SMILES string of the molecule is CC1C(N2CCN(CCC(=O)O)CC2)OC(=O)N1CCCCC1CCN(C(C)(C)C)CC1. The summed E-state index contributed by atoms with van der Waals surface area (Å²) >= 11 is 0. The molecule has 0 aromatic carbocycles. The molecule has 1 N–H and O–H groups in total. The van der Waals surface area contributed by atoms with Crippen molar-refractivity contribution in [2.24, 2.45) is 5.92 Å². The van der Waals surface area contributed by atoms with Gasteiger partial charge in [0.25, 0.3) is 0 Å². The number of rotatable bonds is 9. The van der Waals surface area contributed by atoms with Crippen LogP contribution in [0.4, 0.5) is 4.79 Å². The molecule has 0 radical (unpaired) electrons. The number of amides is 1. The van der Waals surface area contributed by atoms with E-state index >= 15 is 0 Å². The van der Waals surface area contributed by atoms with Crippen molar-refractivity contribution >= 4 is 12.1 Å². The summed E-state index contributed by atoms with van der Waals surface area (Å²) in [6.07, 6.45) is 5.85. The zero-order chi connectivity index (χ0) is 23.3. The first-order valence-electron chi connectivity index (χ1n) is 12.6. The molecular weight excluding hydrogens is 408 g/mol. The Balaban J connectivity index is 1.34. The minimum absolute atomic E-state index is 0.0584. The average Bonchev–Trinajstić information content (AvgIpc) is 3.03. The third-order valence-corrected chi connectivity index (χ3v) is 7.59. The van der Waals surface area contributed by atoms with Crippen LogP contribution >= 0.6 is 0 Å². The van der Waals surface area contributed by atoms with Crippen LogP contribution in [0.3, 0.4) is 0 Å². The number of piperidine rings is 1. The number of hydrogen-bond donors (Lipinski definition) is 1. The Hall–Kier alpha value is -1.38. The van der Waals surface area contributed by atoms with Gasteiger partial charge in [-0.2, -0.15) is 0 Å². The molecule has 3 aliphatic rings. The molecule has 184 valence electrons. The number of nitrogens with zero attached hydrogens (tertiary/aromatic N) is 4. The molecule has 8 nitrogen and oxygen atoms in total. The minimum atomic E-state index is -0.753. The zero-order valence-corrected chi connectivity index (χ0v) is 20.6. The number of unbranched alkanes of at least 4 members (excludes halogenated alkanes) is 1. The van der Waals surface area contributed by atoms with E-state index in [2.05, 4.69) is 42.4 Å². The molecule has 0 aromatic rings. The number of likely N-dealkylation sites (tertiary alicyclic amines) is 1. The maximum Gasteiger partial charge on any atom is 0.411 e. The molecule has 3 fully saturated rings. The monoisotopic (exact) mass is 452 g/mol. The van der Waals surface area contributed by atoms with Crippen LogP contribution in [0.2, 0.25) is 0 Å². The number of carboxylic acid groups (broad SMARTS) is 1. The minimum Gasteiger partial charge on any atom is -0.481 e. The number of piperazine rings is 1. The number of ether oxygens (including phenoxy) is 1. The number of cyclic esters (lactones) is 1. The van der Waals surface area contributed by atoms with E-state index in [9.17, 15) is 9.59 Å². The van der Waals surface area contributed by atoms with E-state index in [-0.39, 0.29) is 30.3 Å². The van der Waals surface area contributed by atoms with Crippen molar-refractivity contribution in [3.05, 3.63) is 0 Å². The second-order valence-corrected chi connectivity index (χ2v) is 10.8. The van der Waals surface area contributed by atoms with Crippen molar-refractivity contribution in [1.29, 1.82) is 0 Å². The van der Waals surface area contributed by atoms with Gasteiger partial charge >= 0.3 is 12.1 Å². The smallest absolute Gasteiger partial charge is 0.411 e. The molecule has 3 rings (SSSR count). The van der Waals surface area contributed by atoms with Crippen LogP contribution in [0.25, 0.3) is 0 Å². The lowest BCUT2D eigenvalue weighted by molar-refractivity contribution is -0.137. The molecule has 1 amide bonds. The predicted octanol–water partition coefficient (Wildman–Crippen LogP) is 2.93. The zero-order valence-electron chi connectivity index (χ0n) is 20.6. The van der Waals surface area contributed by atoms with Crippen molar-refractivity contribution < 1.29 is 19.4 Å². The summed E-state index contributed by atoms with van der Waals surface area (Å²) in [6.45, 7) is 16.0. The molecule has 32 heavy (non-hydrogen) atoms. The molecule has 0 aromatic heterocycles. The van der Waals surface area contributed by atoms with Gasteiger partial charge in [0.2, 0.25) is 0 Å². The van der Waals surface area contributed by atoms with Gasteiger partial charge < -0.3 is 19.6 Å². The lowest BCUT2D eigenvalue weighted by atomic mass is 9.89. The molecule has 2 atom stereocenters. The van der Waals surface area contributed by atoms with Gasteiger partial charge in [-0.1, -0.05) is 12.8 Å². The van der Waals surface area contributed by atoms with E-state index in [0.29, 0.717) is 6.54 Å². The molecule has 2 unspecified atom stereocenters. The summed E-state index contributed by atoms with van der Waals surface area (Å²) in [4.78, 5) is 32.2. The van der Waals surface area contributed by atoms with Crippen molar-refractivity contribution in [2.75, 3.05) is 52.4 Å². The Morgan fingerprint density at radius 1 is 1.03 bits per heavy atom. The number of carbonyl (C=O) groups excluding carboxylic acids is 1. The van der Waals surface area contributed by atoms with Gasteiger partial charge in [-0.05, 0) is 66.0 Å². The molecule has 3 saturated heterocycles. The Morgan fingerprint density at radius 2 is 1.69 bits per heavy atom. The summed E-state index contributed by atoms with van der Waals surface area (Å²) in [5.74, 6) is 0.0681. The number of carbonyl (C=O) groups is 2. The highest BCUT2D eigenvalue weighted by Crippen LogP contribution is 2.28. The lowest BCUT2D eigenvalue weighted by Crippen LogP contribution is -2.53. The Morgan fingerprint density at radius 3 is 2.28 bits per heavy atom. The van der Waals surface area contributed by atoms with Crippen LogP contribution < -0.4 is 0 Å². The maximum absolute atomic E-state index is 12.5. The van der Waals surface area contributed by atoms with E-state index < -0.39 is 5.97 Å². The summed E-state index contributed by atoms with van der Waals surface area (Å²) in [7, 11) is 0. The number of hydrogen-bond acceptors (Lipinski definition) is 6. The van der Waals surface area contributed by atoms with Crippen LogP contribution in [0.5, 0.6) is 0 Å². The maximum atomic E-state index is 12.5. The fraction of sp³-hybridized carbons (Fsp3) is 0.917. The topological polar surface area (TPSA) is 76.6 Å². The quantitative estimate of drug-likeness (QED) is 0.539. The fourth-order valence-electron chi connectivity index (χ4n) is 5.37. The molecule has 0 aliphatic carbocycles. The highest BCUT2D eigenvalue weighted by Gasteiger charge is 2.42. The second-order valence-electron chi connectivity index (χ2n) is 10.8. The van der Waals surface area contributed by atoms with Crippen LogP contribution in [-0.2, 0) is 9.53 Å². The van der Waals surface area contributed by atoms with Gasteiger partial charge in [-0.25, -0.2) is 4.79 Å². The second kappa shape index (κ2) is 11.2. The van der Waals surface area contributed by atoms with Crippen molar-refractivity contribution in [2.45, 2.75) is 84.0 Å². The standard InChI is InChI=1S/C24H44N4O4/c1-19-22(26-17-15-25(16-18-26)12-10-21(29)30)32-23(31)28(19)11-6-5-7-20-8-13-27(14-9-20)24(2,3)4/h19-20,22H,5-18H2,1-4H3,(H,29,30). The first-order chi connectivity index (χ1) is 15.1. The third-order valence-electron chi connectivity index (χ3n) is 7.59. The van der Waals surface area contributed by atoms with Gasteiger partial charge in [0.15, 0.2) is 6.23 Å². The van der Waals surface area contributed by atoms with Crippen LogP contribution in [0.1, 0.15) is 66.2 Å². The fourth-order valence-corrected chi connectivity index (χ4v) is 5.37. The molecule has 0 bridgehead atoms. The van der Waals surface area contributed by atoms with Gasteiger partial charge in [0.1, 0.15) is 0 Å². The van der Waals surface area contributed by atoms with Crippen molar-refractivity contribution in [3.8, 4) is 0 Å². The van der Waals surface area contributed by atoms with E-state index in [1.165, 1.54) is 38.8 Å². The van der Waals surface area contributed by atoms with Crippen LogP contribution in [0, 0.1) is 5.92 Å². The summed E-state index contributed by atoms with van der Waals surface area (Å²) < 4.78 is 5.74. The summed E-state index contributed by atoms with van der Waals surface area (Å²) in [5.41, 5.74) is 0.277. The van der Waals surface area contributed by atoms with E-state index in [4.69, 9.17) is 9.84 Å². The van der Waals surface area contributed by atoms with E-state index in [1.807, 2.05) is 4.90 Å². The van der Waals surface area contributed by atoms with E-state index in [1.54, 1.807) is 0 Å². The Bertz CT molecular complexity index is 622. The van der Waals surface area contributed by atoms with Gasteiger partial charge in [-0.3, -0.25) is 14.6 Å². The molecular formula is C24H44N4O4. The van der Waals surface area contributed by atoms with Crippen molar-refractivity contribution in [3.63, 3.8) is 0 Å². The molecule has 3 aliphatic heterocycles. The van der Waals surface area contributed by atoms with Crippen LogP contribution in [0.15, 0.2) is 0 Å². The van der Waals surface area contributed by atoms with Crippen LogP contribution in [-0.4, -0.2) is 107 Å². The summed E-state index contributed by atoms with van der Waals surface area (Å²) in [6, 6.07) is 0.0584. The third kappa shape index (κ3) is 6.81. The lowest BCUT2D eigenvalue weighted by Gasteiger charge is -2.41. The number of carboxylic acids is 1. The molecule has 8 heteroatoms. The summed E-state index contributed by atoms with van der Waals surface area (Å²) in [5, 5.41) is 8.86. The highest BCUT2D eigenvalue weighted by molar-refractivity contribution is 5.70.